The quantitative estimate of drug-likeness (QED) is 0.196. The Morgan fingerprint density at radius 1 is 0.520 bits per heavy atom. The van der Waals surface area contributed by atoms with E-state index in [2.05, 4.69) is 155 Å². The van der Waals surface area contributed by atoms with E-state index in [0.717, 1.165) is 25.2 Å². The van der Waals surface area contributed by atoms with E-state index < -0.39 is 0 Å². The van der Waals surface area contributed by atoms with Gasteiger partial charge >= 0.3 is 0 Å². The van der Waals surface area contributed by atoms with Gasteiger partial charge in [-0.3, -0.25) is 0 Å². The van der Waals surface area contributed by atoms with Gasteiger partial charge in [0.15, 0.2) is 0 Å². The second kappa shape index (κ2) is 13.8. The van der Waals surface area contributed by atoms with E-state index in [4.69, 9.17) is 0 Å². The fraction of sp³-hybridized carbons (Fsp3) is 0.292. The Kier molecular flexibility index (Phi) is 8.62. The molecule has 0 radical (unpaired) electrons. The zero-order valence-corrected chi connectivity index (χ0v) is 29.1. The molecular formula is C48H48N2. The van der Waals surface area contributed by atoms with Crippen LogP contribution in [0, 0.1) is 11.8 Å². The van der Waals surface area contributed by atoms with E-state index in [1.54, 1.807) is 16.7 Å². The number of benzene rings is 4. The second-order valence-electron chi connectivity index (χ2n) is 15.0. The van der Waals surface area contributed by atoms with Gasteiger partial charge in [0, 0.05) is 46.0 Å². The highest BCUT2D eigenvalue weighted by molar-refractivity contribution is 5.73. The van der Waals surface area contributed by atoms with Crippen molar-refractivity contribution in [2.75, 3.05) is 9.80 Å². The molecule has 0 amide bonds. The predicted molar refractivity (Wildman–Crippen MR) is 209 cm³/mol. The normalized spacial score (nSPS) is 23.5. The smallest absolute Gasteiger partial charge is 0.0461 e. The molecule has 0 spiro atoms. The molecule has 0 bridgehead atoms. The molecule has 1 saturated heterocycles. The van der Waals surface area contributed by atoms with Crippen LogP contribution in [0.2, 0.25) is 0 Å². The molecule has 2 nitrogen and oxygen atoms in total. The summed E-state index contributed by atoms with van der Waals surface area (Å²) in [6, 6.07) is 42.5. The Morgan fingerprint density at radius 3 is 1.80 bits per heavy atom. The molecule has 4 aliphatic carbocycles. The Hall–Kier alpha value is -4.82. The van der Waals surface area contributed by atoms with Crippen molar-refractivity contribution in [3.8, 4) is 0 Å². The zero-order valence-electron chi connectivity index (χ0n) is 29.1. The van der Waals surface area contributed by atoms with Gasteiger partial charge in [0.2, 0.25) is 0 Å². The Labute approximate surface area is 298 Å². The van der Waals surface area contributed by atoms with Crippen LogP contribution in [0.4, 0.5) is 17.1 Å². The summed E-state index contributed by atoms with van der Waals surface area (Å²) in [7, 11) is 0. The Balaban J connectivity index is 0.977. The lowest BCUT2D eigenvalue weighted by Gasteiger charge is -2.32. The van der Waals surface area contributed by atoms with Crippen molar-refractivity contribution in [1.82, 2.24) is 0 Å². The minimum Gasteiger partial charge on any atom is -0.317 e. The third kappa shape index (κ3) is 6.00. The molecule has 3 atom stereocenters. The maximum absolute atomic E-state index is 2.59. The summed E-state index contributed by atoms with van der Waals surface area (Å²) in [6.45, 7) is 0. The highest BCUT2D eigenvalue weighted by atomic mass is 15.2. The molecule has 0 N–H and O–H groups in total. The van der Waals surface area contributed by atoms with Crippen molar-refractivity contribution in [1.29, 1.82) is 0 Å². The van der Waals surface area contributed by atoms with E-state index >= 15 is 0 Å². The molecule has 1 heterocycles. The molecule has 1 saturated carbocycles. The second-order valence-corrected chi connectivity index (χ2v) is 15.0. The van der Waals surface area contributed by atoms with Crippen LogP contribution < -0.4 is 9.80 Å². The molecule has 50 heavy (non-hydrogen) atoms. The van der Waals surface area contributed by atoms with Crippen LogP contribution in [0.3, 0.4) is 0 Å². The van der Waals surface area contributed by atoms with Crippen molar-refractivity contribution in [2.24, 2.45) is 11.8 Å². The first-order chi connectivity index (χ1) is 24.8. The first-order valence-electron chi connectivity index (χ1n) is 19.2. The highest BCUT2D eigenvalue weighted by Crippen LogP contribution is 2.53. The van der Waals surface area contributed by atoms with Crippen molar-refractivity contribution in [2.45, 2.75) is 76.0 Å². The molecule has 2 fully saturated rings. The summed E-state index contributed by atoms with van der Waals surface area (Å²) >= 11 is 0. The minimum atomic E-state index is 0.460. The predicted octanol–water partition coefficient (Wildman–Crippen LogP) is 12.9. The van der Waals surface area contributed by atoms with Gasteiger partial charge < -0.3 is 9.80 Å². The number of hydrogen-bond donors (Lipinski definition) is 0. The number of fused-ring (bicyclic) bond motifs is 3. The molecule has 1 aliphatic heterocycles. The molecule has 4 aromatic rings. The summed E-state index contributed by atoms with van der Waals surface area (Å²) in [5.74, 6) is 2.37. The lowest BCUT2D eigenvalue weighted by Crippen LogP contribution is -2.22. The number of para-hydroxylation sites is 3. The van der Waals surface area contributed by atoms with Crippen molar-refractivity contribution < 1.29 is 0 Å². The van der Waals surface area contributed by atoms with E-state index in [0.29, 0.717) is 17.8 Å². The molecular weight excluding hydrogens is 605 g/mol. The maximum atomic E-state index is 2.59. The van der Waals surface area contributed by atoms with Crippen molar-refractivity contribution in [3.05, 3.63) is 185 Å². The maximum Gasteiger partial charge on any atom is 0.0461 e. The van der Waals surface area contributed by atoms with Crippen LogP contribution in [0.15, 0.2) is 174 Å². The Bertz CT molecular complexity index is 1920. The van der Waals surface area contributed by atoms with Crippen LogP contribution in [-0.4, -0.2) is 0 Å². The number of anilines is 3. The lowest BCUT2D eigenvalue weighted by molar-refractivity contribution is 0.443. The van der Waals surface area contributed by atoms with Crippen LogP contribution in [0.25, 0.3) is 0 Å². The van der Waals surface area contributed by atoms with E-state index in [-0.39, 0.29) is 0 Å². The van der Waals surface area contributed by atoms with Gasteiger partial charge in [-0.05, 0) is 128 Å². The molecule has 5 aliphatic rings. The fourth-order valence-electron chi connectivity index (χ4n) is 9.52. The van der Waals surface area contributed by atoms with Crippen LogP contribution in [-0.2, 0) is 0 Å². The van der Waals surface area contributed by atoms with Crippen molar-refractivity contribution >= 4 is 17.1 Å². The van der Waals surface area contributed by atoms with Gasteiger partial charge in [0.05, 0.1) is 0 Å². The summed E-state index contributed by atoms with van der Waals surface area (Å²) in [5.41, 5.74) is 14.0. The number of hydrogen-bond acceptors (Lipinski definition) is 2. The van der Waals surface area contributed by atoms with Crippen LogP contribution in [0.5, 0.6) is 0 Å². The molecule has 250 valence electrons. The van der Waals surface area contributed by atoms with Gasteiger partial charge in [-0.1, -0.05) is 116 Å². The highest BCUT2D eigenvalue weighted by Gasteiger charge is 2.44. The molecule has 3 unspecified atom stereocenters. The summed E-state index contributed by atoms with van der Waals surface area (Å²) in [6.07, 6.45) is 25.2. The molecule has 0 aromatic heterocycles. The minimum absolute atomic E-state index is 0.460. The third-order valence-corrected chi connectivity index (χ3v) is 12.1. The average Bonchev–Trinajstić information content (AvgIpc) is 3.53. The average molecular weight is 653 g/mol. The van der Waals surface area contributed by atoms with Crippen molar-refractivity contribution in [3.63, 3.8) is 0 Å². The van der Waals surface area contributed by atoms with Gasteiger partial charge in [-0.15, -0.1) is 0 Å². The topological polar surface area (TPSA) is 6.48 Å². The lowest BCUT2D eigenvalue weighted by atomic mass is 9.75. The summed E-state index contributed by atoms with van der Waals surface area (Å²) in [5, 5.41) is 0. The van der Waals surface area contributed by atoms with Crippen LogP contribution in [0.1, 0.15) is 87.2 Å². The summed E-state index contributed by atoms with van der Waals surface area (Å²) < 4.78 is 0. The zero-order chi connectivity index (χ0) is 33.3. The monoisotopic (exact) mass is 652 g/mol. The standard InChI is InChI=1S/C48H48N2/c1-5-13-35(14-6-1)36-21-23-37(24-22-36)38-25-27-39(28-26-38)40-29-32-47-46(33-40)45-31-30-44(34-48(45)50(47)43-19-11-4-12-20-43)49(41-15-7-2-8-16-41)42-17-9-3-10-18-42/h2-4,7-12,15-24,27,29-30,32,34-35,38,45-46H,1,5-6,13-14,25-26,28,31,33H2. The Morgan fingerprint density at radius 2 is 1.16 bits per heavy atom. The third-order valence-electron chi connectivity index (χ3n) is 12.1. The molecule has 9 rings (SSSR count). The fourth-order valence-corrected chi connectivity index (χ4v) is 9.52. The van der Waals surface area contributed by atoms with Gasteiger partial charge in [-0.2, -0.15) is 0 Å². The molecule has 2 heteroatoms. The van der Waals surface area contributed by atoms with E-state index in [9.17, 15) is 0 Å². The first kappa shape index (κ1) is 31.2. The number of nitrogens with zero attached hydrogens (tertiary/aromatic N) is 2. The number of rotatable bonds is 7. The van der Waals surface area contributed by atoms with Gasteiger partial charge in [0.1, 0.15) is 0 Å². The summed E-state index contributed by atoms with van der Waals surface area (Å²) in [4.78, 5) is 4.99. The van der Waals surface area contributed by atoms with Gasteiger partial charge in [0.25, 0.3) is 0 Å². The number of allylic oxidation sites excluding steroid dienone is 9. The first-order valence-corrected chi connectivity index (χ1v) is 19.2. The SMILES string of the molecule is C1=C(C2=CC=C3C(C2)C2CC=C(N(c4ccccc4)c4ccccc4)C=C2N3c2ccccc2)CCC(c2ccc(C3CCCCC3)cc2)C1. The van der Waals surface area contributed by atoms with Gasteiger partial charge in [-0.25, -0.2) is 0 Å². The van der Waals surface area contributed by atoms with E-state index in [1.807, 2.05) is 0 Å². The van der Waals surface area contributed by atoms with E-state index in [1.165, 1.54) is 84.7 Å². The molecule has 4 aromatic carbocycles. The largest absolute Gasteiger partial charge is 0.317 e. The van der Waals surface area contributed by atoms with Crippen LogP contribution >= 0.6 is 0 Å².